The van der Waals surface area contributed by atoms with Gasteiger partial charge in [0.25, 0.3) is 0 Å². The third-order valence-corrected chi connectivity index (χ3v) is 14.5. The van der Waals surface area contributed by atoms with Gasteiger partial charge in [-0.05, 0) is 0 Å². The van der Waals surface area contributed by atoms with Crippen molar-refractivity contribution < 1.29 is 0 Å². The van der Waals surface area contributed by atoms with Crippen LogP contribution in [0.3, 0.4) is 0 Å². The van der Waals surface area contributed by atoms with Crippen LogP contribution >= 0.6 is 6.60 Å². The first-order valence-electron chi connectivity index (χ1n) is 13.0. The maximum atomic E-state index is 2.55. The fraction of sp³-hybridized carbons (Fsp3) is 0.294. The van der Waals surface area contributed by atoms with Crippen LogP contribution in [0.4, 0.5) is 0 Å². The van der Waals surface area contributed by atoms with Gasteiger partial charge < -0.3 is 0 Å². The zero-order valence-electron chi connectivity index (χ0n) is 22.2. The quantitative estimate of drug-likeness (QED) is 0.236. The van der Waals surface area contributed by atoms with Gasteiger partial charge in [-0.1, -0.05) is 0 Å². The second-order valence-corrected chi connectivity index (χ2v) is 16.7. The van der Waals surface area contributed by atoms with Gasteiger partial charge in [0.1, 0.15) is 0 Å². The second kappa shape index (κ2) is 10.1. The van der Waals surface area contributed by atoms with Crippen molar-refractivity contribution in [1.29, 1.82) is 0 Å². The Labute approximate surface area is 213 Å². The monoisotopic (exact) mass is 480 g/mol. The Morgan fingerprint density at radius 1 is 0.800 bits per heavy atom. The molecule has 182 valence electrons. The van der Waals surface area contributed by atoms with Crippen molar-refractivity contribution in [3.05, 3.63) is 126 Å². The van der Waals surface area contributed by atoms with E-state index in [9.17, 15) is 0 Å². The summed E-state index contributed by atoms with van der Waals surface area (Å²) in [5.74, 6) is 0. The number of benzene rings is 3. The average molecular weight is 481 g/mol. The van der Waals surface area contributed by atoms with E-state index in [1.165, 1.54) is 46.3 Å². The van der Waals surface area contributed by atoms with Crippen molar-refractivity contribution in [2.24, 2.45) is 5.41 Å². The van der Waals surface area contributed by atoms with E-state index in [1.54, 1.807) is 5.57 Å². The van der Waals surface area contributed by atoms with E-state index in [1.807, 2.05) is 0 Å². The zero-order chi connectivity index (χ0) is 25.0. The normalized spacial score (nSPS) is 17.9. The zero-order valence-corrected chi connectivity index (χ0v) is 23.1. The van der Waals surface area contributed by atoms with Crippen molar-refractivity contribution >= 4 is 22.5 Å². The molecule has 0 saturated carbocycles. The molecule has 4 rings (SSSR count). The Morgan fingerprint density at radius 2 is 1.26 bits per heavy atom. The summed E-state index contributed by atoms with van der Waals surface area (Å²) in [7, 11) is 0. The number of hydrogen-bond acceptors (Lipinski definition) is 0. The molecular weight excluding hydrogens is 439 g/mol. The maximum absolute atomic E-state index is 2.74. The van der Waals surface area contributed by atoms with E-state index in [0.717, 1.165) is 6.16 Å². The Bertz CT molecular complexity index is 1130. The summed E-state index contributed by atoms with van der Waals surface area (Å²) in [6.07, 6.45) is 12.1. The van der Waals surface area contributed by atoms with Crippen LogP contribution in [0, 0.1) is 5.41 Å². The van der Waals surface area contributed by atoms with Gasteiger partial charge in [0, 0.05) is 0 Å². The van der Waals surface area contributed by atoms with Gasteiger partial charge in [-0.15, -0.1) is 0 Å². The van der Waals surface area contributed by atoms with Gasteiger partial charge in [-0.25, -0.2) is 0 Å². The molecule has 3 aromatic rings. The molecule has 0 atom stereocenters. The Hall–Kier alpha value is -2.69. The molecule has 0 unspecified atom stereocenters. The first kappa shape index (κ1) is 25.4. The van der Waals surface area contributed by atoms with Crippen LogP contribution in [-0.2, 0) is 0 Å². The molecule has 0 aliphatic heterocycles. The molecule has 35 heavy (non-hydrogen) atoms. The van der Waals surface area contributed by atoms with Crippen LogP contribution < -0.4 is 15.9 Å². The molecular formula is C34H41P. The number of rotatable bonds is 7. The van der Waals surface area contributed by atoms with E-state index in [2.05, 4.69) is 144 Å². The fourth-order valence-electron chi connectivity index (χ4n) is 5.92. The van der Waals surface area contributed by atoms with Crippen molar-refractivity contribution in [3.63, 3.8) is 0 Å². The molecule has 1 aliphatic rings. The predicted octanol–water partition coefficient (Wildman–Crippen LogP) is 8.18. The molecule has 3 aromatic carbocycles. The van der Waals surface area contributed by atoms with E-state index in [-0.39, 0.29) is 5.41 Å². The van der Waals surface area contributed by atoms with Crippen molar-refractivity contribution in [3.8, 4) is 0 Å². The molecule has 0 N–H and O–H groups in total. The van der Waals surface area contributed by atoms with E-state index in [4.69, 9.17) is 0 Å². The number of allylic oxidation sites excluding steroid dienone is 6. The van der Waals surface area contributed by atoms with Crippen LogP contribution in [0.2, 0.25) is 0 Å². The summed E-state index contributed by atoms with van der Waals surface area (Å²) in [6, 6.07) is 33.6. The Kier molecular flexibility index (Phi) is 7.35. The Morgan fingerprint density at radius 3 is 1.69 bits per heavy atom. The molecule has 0 nitrogen and oxygen atoms in total. The molecule has 0 bridgehead atoms. The minimum absolute atomic E-state index is 0.265. The van der Waals surface area contributed by atoms with Gasteiger partial charge in [0.2, 0.25) is 0 Å². The molecule has 0 amide bonds. The SMILES string of the molecule is CC1=C(/C=C/C(C)=C/CP(C)(c2ccccc2)(c2ccccc2)c2ccccc2)C(C)(C)CCC1. The van der Waals surface area contributed by atoms with E-state index in [0.29, 0.717) is 0 Å². The third-order valence-electron chi connectivity index (χ3n) is 8.29. The topological polar surface area (TPSA) is 0 Å². The molecule has 0 aromatic heterocycles. The molecule has 0 spiro atoms. The van der Waals surface area contributed by atoms with E-state index >= 15 is 0 Å². The van der Waals surface area contributed by atoms with Crippen LogP contribution in [0.1, 0.15) is 47.0 Å². The van der Waals surface area contributed by atoms with Crippen LogP contribution in [0.15, 0.2) is 126 Å². The predicted molar refractivity (Wildman–Crippen MR) is 159 cm³/mol. The van der Waals surface area contributed by atoms with Crippen LogP contribution in [0.5, 0.6) is 0 Å². The summed E-state index contributed by atoms with van der Waals surface area (Å²) in [6.45, 7) is 9.19. The standard InChI is InChI=1S/C34H41P/c1-28(23-24-33-29(2)16-15-26-34(33,3)4)25-27-35(5,30-17-9-6-10-18-30,31-19-11-7-12-20-31)32-21-13-8-14-22-32/h6-14,17-25H,15-16,26-27H2,1-5H3/b24-23+,28-25+. The molecule has 1 heteroatoms. The average Bonchev–Trinajstić information content (AvgIpc) is 2.88. The fourth-order valence-corrected chi connectivity index (χ4v) is 11.1. The molecule has 0 radical (unpaired) electrons. The van der Waals surface area contributed by atoms with Crippen LogP contribution in [-0.4, -0.2) is 12.8 Å². The summed E-state index contributed by atoms with van der Waals surface area (Å²) < 4.78 is 0. The van der Waals surface area contributed by atoms with Gasteiger partial charge in [0.05, 0.1) is 0 Å². The van der Waals surface area contributed by atoms with Gasteiger partial charge in [-0.3, -0.25) is 0 Å². The molecule has 0 heterocycles. The number of hydrogen-bond donors (Lipinski definition) is 0. The molecule has 1 aliphatic carbocycles. The molecule has 0 fully saturated rings. The molecule has 0 saturated heterocycles. The van der Waals surface area contributed by atoms with E-state index < -0.39 is 6.60 Å². The van der Waals surface area contributed by atoms with Crippen molar-refractivity contribution in [2.75, 3.05) is 12.8 Å². The minimum atomic E-state index is -2.74. The van der Waals surface area contributed by atoms with Gasteiger partial charge >= 0.3 is 214 Å². The van der Waals surface area contributed by atoms with Crippen molar-refractivity contribution in [1.82, 2.24) is 0 Å². The summed E-state index contributed by atoms with van der Waals surface area (Å²) in [5.41, 5.74) is 4.68. The second-order valence-electron chi connectivity index (χ2n) is 11.2. The first-order chi connectivity index (χ1) is 16.8. The summed E-state index contributed by atoms with van der Waals surface area (Å²) in [5, 5.41) is 4.32. The van der Waals surface area contributed by atoms with Crippen LogP contribution in [0.25, 0.3) is 0 Å². The first-order valence-corrected chi connectivity index (χ1v) is 15.8. The summed E-state index contributed by atoms with van der Waals surface area (Å²) >= 11 is 0. The van der Waals surface area contributed by atoms with Crippen molar-refractivity contribution in [2.45, 2.75) is 47.0 Å². The van der Waals surface area contributed by atoms with Gasteiger partial charge in [-0.2, -0.15) is 0 Å². The summed E-state index contributed by atoms with van der Waals surface area (Å²) in [4.78, 5) is 0. The van der Waals surface area contributed by atoms with Gasteiger partial charge in [0.15, 0.2) is 0 Å². The third kappa shape index (κ3) is 4.87. The Balaban J connectivity index is 1.84.